The number of aromatic nitrogens is 4. The Morgan fingerprint density at radius 2 is 1.88 bits per heavy atom. The maximum Gasteiger partial charge on any atom is 0.348 e. The Labute approximate surface area is 245 Å². The number of amides is 2. The lowest BCUT2D eigenvalue weighted by molar-refractivity contribution is -0.131. The molecule has 2 amide bonds. The van der Waals surface area contributed by atoms with Crippen LogP contribution >= 0.6 is 0 Å². The Bertz CT molecular complexity index is 1790. The molecule has 2 aromatic heterocycles. The van der Waals surface area contributed by atoms with Gasteiger partial charge in [0.15, 0.2) is 5.82 Å². The van der Waals surface area contributed by atoms with Gasteiger partial charge in [0, 0.05) is 62.5 Å². The third kappa shape index (κ3) is 5.81. The quantitative estimate of drug-likeness (QED) is 0.197. The van der Waals surface area contributed by atoms with Crippen LogP contribution in [0.25, 0.3) is 28.0 Å². The fourth-order valence-electron chi connectivity index (χ4n) is 5.00. The first-order valence-electron chi connectivity index (χ1n) is 13.6. The molecule has 0 fully saturated rings. The monoisotopic (exact) mass is 593 g/mol. The number of aliphatic hydroxyl groups is 1. The number of hydrogen-bond donors (Lipinski definition) is 5. The Morgan fingerprint density at radius 3 is 2.63 bits per heavy atom. The fraction of sp³-hybridized carbons (Fsp3) is 0.310. The first-order valence-corrected chi connectivity index (χ1v) is 13.6. The van der Waals surface area contributed by atoms with E-state index in [9.17, 15) is 34.1 Å². The summed E-state index contributed by atoms with van der Waals surface area (Å²) in [5.41, 5.74) is 1.79. The fourth-order valence-corrected chi connectivity index (χ4v) is 5.00. The van der Waals surface area contributed by atoms with E-state index < -0.39 is 23.8 Å². The number of carbonyl (C=O) groups excluding carboxylic acids is 2. The SMILES string of the molecule is CC(C)c1cc(-c2n[nH]c(=O)n2-c2ccc3c(ccn3CCN(C)C(=O)CCN3C=C(F)C(=O)NC3O)c2)c(O)cc1O. The van der Waals surface area contributed by atoms with Crippen molar-refractivity contribution in [2.24, 2.45) is 0 Å². The molecule has 3 heterocycles. The van der Waals surface area contributed by atoms with E-state index in [4.69, 9.17) is 0 Å². The molecule has 1 unspecified atom stereocenters. The molecular weight excluding hydrogens is 561 g/mol. The van der Waals surface area contributed by atoms with Crippen molar-refractivity contribution in [3.8, 4) is 28.6 Å². The van der Waals surface area contributed by atoms with Crippen LogP contribution in [0.5, 0.6) is 11.5 Å². The highest BCUT2D eigenvalue weighted by Gasteiger charge is 2.26. The molecule has 0 aliphatic carbocycles. The van der Waals surface area contributed by atoms with Crippen molar-refractivity contribution in [2.45, 2.75) is 39.1 Å². The second-order valence-electron chi connectivity index (χ2n) is 10.7. The summed E-state index contributed by atoms with van der Waals surface area (Å²) in [7, 11) is 1.65. The molecular formula is C29H32FN7O6. The number of rotatable bonds is 9. The Hall–Kier alpha value is -5.11. The van der Waals surface area contributed by atoms with Gasteiger partial charge in [0.05, 0.1) is 11.3 Å². The van der Waals surface area contributed by atoms with Gasteiger partial charge in [-0.1, -0.05) is 13.8 Å². The van der Waals surface area contributed by atoms with Crippen LogP contribution in [0.15, 0.2) is 59.4 Å². The first-order chi connectivity index (χ1) is 20.4. The largest absolute Gasteiger partial charge is 0.508 e. The third-order valence-electron chi connectivity index (χ3n) is 7.45. The van der Waals surface area contributed by atoms with Crippen molar-refractivity contribution in [1.29, 1.82) is 0 Å². The lowest BCUT2D eigenvalue weighted by atomic mass is 9.98. The van der Waals surface area contributed by atoms with E-state index >= 15 is 0 Å². The summed E-state index contributed by atoms with van der Waals surface area (Å²) < 4.78 is 16.9. The van der Waals surface area contributed by atoms with Crippen molar-refractivity contribution in [3.63, 3.8) is 0 Å². The van der Waals surface area contributed by atoms with E-state index in [1.807, 2.05) is 42.8 Å². The standard InChI is InChI=1S/C29H32FN7O6/c1-16(2)19-13-20(24(39)14-23(19)38)26-32-33-29(43)37(26)18-4-5-22-17(12-18)6-8-35(22)11-10-34(3)25(40)7-9-36-15-21(30)27(41)31-28(36)42/h4-6,8,12-16,28,38-39,42H,7,9-11H2,1-3H3,(H,31,41)(H,33,43). The number of nitrogens with zero attached hydrogens (tertiary/aromatic N) is 5. The van der Waals surface area contributed by atoms with Crippen molar-refractivity contribution < 1.29 is 29.3 Å². The number of aromatic amines is 1. The molecule has 226 valence electrons. The van der Waals surface area contributed by atoms with Crippen LogP contribution in [0.3, 0.4) is 0 Å². The minimum atomic E-state index is -1.40. The molecule has 13 nitrogen and oxygen atoms in total. The molecule has 2 aromatic carbocycles. The molecule has 0 bridgehead atoms. The number of carbonyl (C=O) groups is 2. The maximum atomic E-state index is 13.5. The molecule has 0 saturated heterocycles. The number of halogens is 1. The van der Waals surface area contributed by atoms with Gasteiger partial charge in [0.2, 0.25) is 18.1 Å². The average molecular weight is 594 g/mol. The highest BCUT2D eigenvalue weighted by atomic mass is 19.1. The number of hydrogen-bond acceptors (Lipinski definition) is 8. The molecule has 5 N–H and O–H groups in total. The van der Waals surface area contributed by atoms with Crippen LogP contribution in [-0.2, 0) is 16.1 Å². The second kappa shape index (κ2) is 11.6. The molecule has 0 radical (unpaired) electrons. The zero-order valence-corrected chi connectivity index (χ0v) is 23.8. The van der Waals surface area contributed by atoms with Gasteiger partial charge >= 0.3 is 5.69 Å². The number of H-pyrrole nitrogens is 1. The van der Waals surface area contributed by atoms with Gasteiger partial charge in [0.25, 0.3) is 5.91 Å². The van der Waals surface area contributed by atoms with E-state index in [-0.39, 0.29) is 42.1 Å². The molecule has 1 atom stereocenters. The Balaban J connectivity index is 1.30. The van der Waals surface area contributed by atoms with E-state index in [1.54, 1.807) is 19.2 Å². The Kier molecular flexibility index (Phi) is 7.96. The van der Waals surface area contributed by atoms with Crippen LogP contribution in [0.1, 0.15) is 31.7 Å². The van der Waals surface area contributed by atoms with Crippen LogP contribution in [0, 0.1) is 0 Å². The van der Waals surface area contributed by atoms with Crippen molar-refractivity contribution in [3.05, 3.63) is 70.7 Å². The van der Waals surface area contributed by atoms with Crippen molar-refractivity contribution in [1.82, 2.24) is 34.4 Å². The Morgan fingerprint density at radius 1 is 1.12 bits per heavy atom. The third-order valence-corrected chi connectivity index (χ3v) is 7.45. The highest BCUT2D eigenvalue weighted by Crippen LogP contribution is 2.37. The molecule has 14 heteroatoms. The predicted molar refractivity (Wildman–Crippen MR) is 155 cm³/mol. The molecule has 0 spiro atoms. The number of phenols is 2. The average Bonchev–Trinajstić information content (AvgIpc) is 3.55. The van der Waals surface area contributed by atoms with Gasteiger partial charge in [-0.15, -0.1) is 0 Å². The van der Waals surface area contributed by atoms with Crippen molar-refractivity contribution >= 4 is 22.7 Å². The number of aromatic hydroxyl groups is 2. The van der Waals surface area contributed by atoms with E-state index in [2.05, 4.69) is 15.5 Å². The number of nitrogens with one attached hydrogen (secondary N) is 2. The van der Waals surface area contributed by atoms with E-state index in [1.165, 1.54) is 15.5 Å². The lowest BCUT2D eigenvalue weighted by Gasteiger charge is -2.30. The smallest absolute Gasteiger partial charge is 0.348 e. The zero-order valence-electron chi connectivity index (χ0n) is 23.8. The van der Waals surface area contributed by atoms with Gasteiger partial charge in [-0.3, -0.25) is 9.59 Å². The predicted octanol–water partition coefficient (Wildman–Crippen LogP) is 2.08. The number of aliphatic hydroxyl groups excluding tert-OH is 1. The normalized spacial score (nSPS) is 15.2. The summed E-state index contributed by atoms with van der Waals surface area (Å²) in [4.78, 5) is 39.4. The minimum Gasteiger partial charge on any atom is -0.508 e. The molecule has 1 aliphatic heterocycles. The van der Waals surface area contributed by atoms with Crippen LogP contribution in [0.2, 0.25) is 0 Å². The lowest BCUT2D eigenvalue weighted by Crippen LogP contribution is -2.50. The topological polar surface area (TPSA) is 169 Å². The molecule has 43 heavy (non-hydrogen) atoms. The first kappa shape index (κ1) is 29.4. The van der Waals surface area contributed by atoms with Gasteiger partial charge in [-0.05, 0) is 41.8 Å². The number of phenolic OH excluding ortho intramolecular Hbond substituents is 2. The van der Waals surface area contributed by atoms with Gasteiger partial charge < -0.3 is 35.0 Å². The van der Waals surface area contributed by atoms with Gasteiger partial charge in [-0.25, -0.2) is 14.5 Å². The molecule has 1 aliphatic rings. The summed E-state index contributed by atoms with van der Waals surface area (Å²) in [6, 6.07) is 10.2. The maximum absolute atomic E-state index is 13.5. The van der Waals surface area contributed by atoms with Crippen LogP contribution < -0.4 is 11.0 Å². The van der Waals surface area contributed by atoms with Crippen LogP contribution in [0.4, 0.5) is 4.39 Å². The molecule has 4 aromatic rings. The second-order valence-corrected chi connectivity index (χ2v) is 10.7. The van der Waals surface area contributed by atoms with Gasteiger partial charge in [0.1, 0.15) is 11.5 Å². The highest BCUT2D eigenvalue weighted by molar-refractivity contribution is 5.91. The van der Waals surface area contributed by atoms with Crippen LogP contribution in [-0.4, -0.2) is 82.8 Å². The summed E-state index contributed by atoms with van der Waals surface area (Å²) in [6.07, 6.45) is 1.35. The number of benzene rings is 2. The molecule has 0 saturated carbocycles. The minimum absolute atomic E-state index is 0.0000292. The molecule has 5 rings (SSSR count). The van der Waals surface area contributed by atoms with E-state index in [0.717, 1.165) is 22.0 Å². The zero-order chi connectivity index (χ0) is 31.0. The summed E-state index contributed by atoms with van der Waals surface area (Å²) in [6.45, 7) is 4.67. The summed E-state index contributed by atoms with van der Waals surface area (Å²) in [5.74, 6) is -2.36. The number of fused-ring (bicyclic) bond motifs is 1. The van der Waals surface area contributed by atoms with E-state index in [0.29, 0.717) is 29.9 Å². The summed E-state index contributed by atoms with van der Waals surface area (Å²) >= 11 is 0. The van der Waals surface area contributed by atoms with Crippen molar-refractivity contribution in [2.75, 3.05) is 20.1 Å². The summed E-state index contributed by atoms with van der Waals surface area (Å²) in [5, 5.41) is 40.2. The number of likely N-dealkylation sites (N-methyl/N-ethyl adjacent to an activating group) is 1. The van der Waals surface area contributed by atoms with Gasteiger partial charge in [-0.2, -0.15) is 9.49 Å².